The minimum Gasteiger partial charge on any atom is -0.434 e. The van der Waals surface area contributed by atoms with Gasteiger partial charge < -0.3 is 10.1 Å². The van der Waals surface area contributed by atoms with Crippen LogP contribution >= 0.6 is 11.6 Å². The van der Waals surface area contributed by atoms with Crippen molar-refractivity contribution in [3.05, 3.63) is 64.2 Å². The second kappa shape index (κ2) is 7.38. The summed E-state index contributed by atoms with van der Waals surface area (Å²) >= 11 is 5.76. The molecule has 1 amide bonds. The Bertz CT molecular complexity index is 871. The summed E-state index contributed by atoms with van der Waals surface area (Å²) < 4.78 is 57.1. The number of halogens is 5. The van der Waals surface area contributed by atoms with Gasteiger partial charge in [0.05, 0.1) is 11.5 Å². The number of ether oxygens (including phenoxy) is 1. The zero-order valence-corrected chi connectivity index (χ0v) is 15.0. The van der Waals surface area contributed by atoms with E-state index in [2.05, 4.69) is 10.1 Å². The minimum atomic E-state index is -3.13. The molecule has 144 valence electrons. The highest BCUT2D eigenvalue weighted by Crippen LogP contribution is 2.50. The summed E-state index contributed by atoms with van der Waals surface area (Å²) in [5.74, 6) is -2.12. The molecule has 1 atom stereocenters. The average Bonchev–Trinajstić information content (AvgIpc) is 3.35. The maximum atomic E-state index is 14.2. The molecular weight excluding hydrogens is 386 g/mol. The number of hydrogen-bond acceptors (Lipinski definition) is 2. The van der Waals surface area contributed by atoms with Crippen LogP contribution in [-0.4, -0.2) is 12.5 Å². The van der Waals surface area contributed by atoms with Gasteiger partial charge in [-0.1, -0.05) is 23.7 Å². The summed E-state index contributed by atoms with van der Waals surface area (Å²) in [6, 6.07) is 6.55. The van der Waals surface area contributed by atoms with E-state index in [0.717, 1.165) is 18.2 Å². The lowest BCUT2D eigenvalue weighted by atomic mass is 9.93. The Kier molecular flexibility index (Phi) is 5.33. The Labute approximate surface area is 158 Å². The highest BCUT2D eigenvalue weighted by Gasteiger charge is 2.53. The number of benzene rings is 2. The Morgan fingerprint density at radius 3 is 2.48 bits per heavy atom. The van der Waals surface area contributed by atoms with Gasteiger partial charge in [0, 0.05) is 22.2 Å². The van der Waals surface area contributed by atoms with Gasteiger partial charge in [-0.2, -0.15) is 8.78 Å². The van der Waals surface area contributed by atoms with Crippen molar-refractivity contribution in [1.82, 2.24) is 5.32 Å². The second-order valence-corrected chi connectivity index (χ2v) is 6.90. The lowest BCUT2D eigenvalue weighted by molar-refractivity contribution is -0.124. The summed E-state index contributed by atoms with van der Waals surface area (Å²) in [7, 11) is 0. The third kappa shape index (κ3) is 4.03. The van der Waals surface area contributed by atoms with E-state index in [1.54, 1.807) is 6.92 Å². The van der Waals surface area contributed by atoms with E-state index in [1.807, 2.05) is 0 Å². The van der Waals surface area contributed by atoms with Crippen LogP contribution in [0.2, 0.25) is 5.02 Å². The number of amides is 1. The summed E-state index contributed by atoms with van der Waals surface area (Å²) in [6.45, 7) is -1.58. The van der Waals surface area contributed by atoms with E-state index in [9.17, 15) is 22.4 Å². The van der Waals surface area contributed by atoms with E-state index < -0.39 is 35.6 Å². The molecule has 1 fully saturated rings. The number of rotatable bonds is 6. The van der Waals surface area contributed by atoms with Gasteiger partial charge in [-0.15, -0.1) is 0 Å². The van der Waals surface area contributed by atoms with Crippen LogP contribution < -0.4 is 10.1 Å². The molecule has 1 saturated carbocycles. The molecule has 0 aliphatic heterocycles. The molecule has 0 bridgehead atoms. The molecule has 1 aliphatic carbocycles. The van der Waals surface area contributed by atoms with E-state index >= 15 is 0 Å². The zero-order valence-electron chi connectivity index (χ0n) is 14.2. The van der Waals surface area contributed by atoms with Crippen LogP contribution in [0.15, 0.2) is 36.4 Å². The lowest BCUT2D eigenvalue weighted by Gasteiger charge is -2.22. The largest absolute Gasteiger partial charge is 0.434 e. The first-order valence-corrected chi connectivity index (χ1v) is 8.61. The molecule has 0 unspecified atom stereocenters. The molecule has 2 aromatic carbocycles. The van der Waals surface area contributed by atoms with Crippen LogP contribution in [0.4, 0.5) is 17.6 Å². The summed E-state index contributed by atoms with van der Waals surface area (Å²) in [5, 5.41) is 2.91. The minimum absolute atomic E-state index is 0.192. The van der Waals surface area contributed by atoms with Crippen molar-refractivity contribution in [2.24, 2.45) is 0 Å². The highest BCUT2D eigenvalue weighted by atomic mass is 35.5. The molecule has 0 saturated heterocycles. The first-order valence-electron chi connectivity index (χ1n) is 8.24. The molecule has 0 spiro atoms. The van der Waals surface area contributed by atoms with E-state index in [1.165, 1.54) is 18.2 Å². The third-order valence-electron chi connectivity index (χ3n) is 4.64. The van der Waals surface area contributed by atoms with Crippen molar-refractivity contribution in [2.45, 2.75) is 37.8 Å². The van der Waals surface area contributed by atoms with Crippen molar-refractivity contribution < 1.29 is 27.1 Å². The van der Waals surface area contributed by atoms with Crippen LogP contribution in [0.5, 0.6) is 5.75 Å². The molecule has 2 aromatic rings. The molecule has 0 radical (unpaired) electrons. The first-order chi connectivity index (χ1) is 12.7. The fourth-order valence-electron chi connectivity index (χ4n) is 3.10. The van der Waals surface area contributed by atoms with Gasteiger partial charge in [0.15, 0.2) is 0 Å². The van der Waals surface area contributed by atoms with Crippen LogP contribution in [0.1, 0.15) is 36.9 Å². The number of carbonyl (C=O) groups excluding carboxylic acids is 1. The first kappa shape index (κ1) is 19.5. The van der Waals surface area contributed by atoms with Crippen LogP contribution in [0, 0.1) is 11.6 Å². The summed E-state index contributed by atoms with van der Waals surface area (Å²) in [5.41, 5.74) is -0.593. The van der Waals surface area contributed by atoms with Crippen molar-refractivity contribution in [3.8, 4) is 5.75 Å². The Morgan fingerprint density at radius 1 is 1.19 bits per heavy atom. The van der Waals surface area contributed by atoms with E-state index in [4.69, 9.17) is 11.6 Å². The van der Waals surface area contributed by atoms with E-state index in [0.29, 0.717) is 12.8 Å². The van der Waals surface area contributed by atoms with Gasteiger partial charge in [-0.05, 0) is 38.0 Å². The van der Waals surface area contributed by atoms with Gasteiger partial charge in [0.1, 0.15) is 17.4 Å². The predicted molar refractivity (Wildman–Crippen MR) is 91.9 cm³/mol. The monoisotopic (exact) mass is 401 g/mol. The average molecular weight is 402 g/mol. The number of hydrogen-bond donors (Lipinski definition) is 1. The quantitative estimate of drug-likeness (QED) is 0.681. The number of alkyl halides is 2. The number of nitrogens with one attached hydrogen (secondary N) is 1. The molecular formula is C19H16ClF4NO2. The third-order valence-corrected chi connectivity index (χ3v) is 4.87. The normalized spacial score (nSPS) is 16.1. The molecule has 3 rings (SSSR count). The summed E-state index contributed by atoms with van der Waals surface area (Å²) in [4.78, 5) is 12.8. The molecule has 3 nitrogen and oxygen atoms in total. The Hall–Kier alpha value is -2.28. The SMILES string of the molecule is C[C@H](NC(=O)C1(c2ccc(Cl)cc2F)CC1)c1ccc(F)cc1OC(F)F. The van der Waals surface area contributed by atoms with Gasteiger partial charge in [0.2, 0.25) is 5.91 Å². The van der Waals surface area contributed by atoms with Crippen LogP contribution in [0.25, 0.3) is 0 Å². The standard InChI is InChI=1S/C19H16ClF4NO2/c1-10(13-4-3-12(21)9-16(13)27-18(23)24)25-17(26)19(6-7-19)14-5-2-11(20)8-15(14)22/h2-5,8-10,18H,6-7H2,1H3,(H,25,26)/t10-/m0/s1. The van der Waals surface area contributed by atoms with Crippen molar-refractivity contribution >= 4 is 17.5 Å². The number of carbonyl (C=O) groups is 1. The van der Waals surface area contributed by atoms with Crippen molar-refractivity contribution in [1.29, 1.82) is 0 Å². The molecule has 1 N–H and O–H groups in total. The summed E-state index contributed by atoms with van der Waals surface area (Å²) in [6.07, 6.45) is 0.905. The fourth-order valence-corrected chi connectivity index (χ4v) is 3.26. The topological polar surface area (TPSA) is 38.3 Å². The molecule has 8 heteroatoms. The molecule has 0 heterocycles. The smallest absolute Gasteiger partial charge is 0.387 e. The highest BCUT2D eigenvalue weighted by molar-refractivity contribution is 6.30. The van der Waals surface area contributed by atoms with Gasteiger partial charge >= 0.3 is 6.61 Å². The Balaban J connectivity index is 1.82. The van der Waals surface area contributed by atoms with Crippen LogP contribution in [0.3, 0.4) is 0 Å². The van der Waals surface area contributed by atoms with Gasteiger partial charge in [-0.25, -0.2) is 8.78 Å². The van der Waals surface area contributed by atoms with Crippen molar-refractivity contribution in [3.63, 3.8) is 0 Å². The molecule has 1 aliphatic rings. The lowest BCUT2D eigenvalue weighted by Crippen LogP contribution is -2.37. The zero-order chi connectivity index (χ0) is 19.8. The van der Waals surface area contributed by atoms with Gasteiger partial charge in [-0.3, -0.25) is 4.79 Å². The van der Waals surface area contributed by atoms with E-state index in [-0.39, 0.29) is 21.9 Å². The predicted octanol–water partition coefficient (Wildman–Crippen LogP) is 5.13. The molecule has 27 heavy (non-hydrogen) atoms. The van der Waals surface area contributed by atoms with Gasteiger partial charge in [0.25, 0.3) is 0 Å². The maximum Gasteiger partial charge on any atom is 0.387 e. The van der Waals surface area contributed by atoms with Crippen molar-refractivity contribution in [2.75, 3.05) is 0 Å². The maximum absolute atomic E-state index is 14.2. The Morgan fingerprint density at radius 2 is 1.89 bits per heavy atom. The second-order valence-electron chi connectivity index (χ2n) is 6.46. The van der Waals surface area contributed by atoms with Crippen LogP contribution in [-0.2, 0) is 10.2 Å². The molecule has 0 aromatic heterocycles. The fraction of sp³-hybridized carbons (Fsp3) is 0.316.